The third-order valence-corrected chi connectivity index (χ3v) is 1.50. The molecule has 0 aliphatic rings. The molecule has 0 aliphatic heterocycles. The highest BCUT2D eigenvalue weighted by molar-refractivity contribution is 5.56. The second-order valence-corrected chi connectivity index (χ2v) is 3.92. The number of nitrogens with zero attached hydrogens (tertiary/aromatic N) is 2. The standard InChI is InChI=1S/C10H22N2O/c1-10(2)9-13-11-7-5-6-8-12(3)4/h7,10H,5-6,8-9H2,1-4H3/b11-7-. The molecule has 0 atom stereocenters. The van der Waals surface area contributed by atoms with Gasteiger partial charge in [0.1, 0.15) is 6.61 Å². The fourth-order valence-corrected chi connectivity index (χ4v) is 0.796. The smallest absolute Gasteiger partial charge is 0.119 e. The lowest BCUT2D eigenvalue weighted by molar-refractivity contribution is 0.119. The van der Waals surface area contributed by atoms with E-state index in [1.54, 1.807) is 0 Å². The van der Waals surface area contributed by atoms with Gasteiger partial charge in [-0.25, -0.2) is 0 Å². The topological polar surface area (TPSA) is 24.8 Å². The maximum Gasteiger partial charge on any atom is 0.119 e. The van der Waals surface area contributed by atoms with E-state index in [2.05, 4.69) is 38.0 Å². The highest BCUT2D eigenvalue weighted by atomic mass is 16.6. The van der Waals surface area contributed by atoms with E-state index in [0.29, 0.717) is 12.5 Å². The first kappa shape index (κ1) is 12.4. The second-order valence-electron chi connectivity index (χ2n) is 3.92. The predicted octanol–water partition coefficient (Wildman–Crippen LogP) is 1.99. The van der Waals surface area contributed by atoms with Gasteiger partial charge in [0.25, 0.3) is 0 Å². The Labute approximate surface area is 81.7 Å². The maximum atomic E-state index is 5.06. The van der Waals surface area contributed by atoms with E-state index in [4.69, 9.17) is 4.84 Å². The molecule has 78 valence electrons. The van der Waals surface area contributed by atoms with Gasteiger partial charge in [0.05, 0.1) is 0 Å². The first-order valence-corrected chi connectivity index (χ1v) is 4.91. The van der Waals surface area contributed by atoms with Gasteiger partial charge in [-0.15, -0.1) is 0 Å². The Hall–Kier alpha value is -0.570. The highest BCUT2D eigenvalue weighted by Crippen LogP contribution is 1.93. The van der Waals surface area contributed by atoms with Gasteiger partial charge in [-0.1, -0.05) is 19.0 Å². The van der Waals surface area contributed by atoms with Crippen LogP contribution in [0.15, 0.2) is 5.16 Å². The van der Waals surface area contributed by atoms with E-state index in [0.717, 1.165) is 19.4 Å². The van der Waals surface area contributed by atoms with Crippen molar-refractivity contribution in [2.24, 2.45) is 11.1 Å². The van der Waals surface area contributed by atoms with Crippen molar-refractivity contribution in [3.63, 3.8) is 0 Å². The van der Waals surface area contributed by atoms with Crippen molar-refractivity contribution in [2.75, 3.05) is 27.2 Å². The van der Waals surface area contributed by atoms with Gasteiger partial charge in [0.15, 0.2) is 0 Å². The third kappa shape index (κ3) is 11.4. The van der Waals surface area contributed by atoms with Crippen molar-refractivity contribution in [3.05, 3.63) is 0 Å². The third-order valence-electron chi connectivity index (χ3n) is 1.50. The zero-order chi connectivity index (χ0) is 10.1. The van der Waals surface area contributed by atoms with Crippen molar-refractivity contribution in [1.82, 2.24) is 4.90 Å². The van der Waals surface area contributed by atoms with Crippen LogP contribution in [0.2, 0.25) is 0 Å². The molecule has 0 aliphatic carbocycles. The van der Waals surface area contributed by atoms with Crippen molar-refractivity contribution in [2.45, 2.75) is 26.7 Å². The van der Waals surface area contributed by atoms with Crippen LogP contribution in [-0.4, -0.2) is 38.4 Å². The van der Waals surface area contributed by atoms with Gasteiger partial charge in [-0.05, 0) is 39.4 Å². The average Bonchev–Trinajstić information content (AvgIpc) is 2.01. The molecule has 0 heterocycles. The molecule has 3 heteroatoms. The lowest BCUT2D eigenvalue weighted by atomic mass is 10.2. The summed E-state index contributed by atoms with van der Waals surface area (Å²) in [5, 5.41) is 3.86. The summed E-state index contributed by atoms with van der Waals surface area (Å²) in [5.41, 5.74) is 0. The number of hydrogen-bond acceptors (Lipinski definition) is 3. The number of oxime groups is 1. The van der Waals surface area contributed by atoms with Crippen molar-refractivity contribution < 1.29 is 4.84 Å². The minimum Gasteiger partial charge on any atom is -0.396 e. The molecule has 0 radical (unpaired) electrons. The normalized spacial score (nSPS) is 11.8. The van der Waals surface area contributed by atoms with Gasteiger partial charge in [0.2, 0.25) is 0 Å². The fraction of sp³-hybridized carbons (Fsp3) is 0.900. The molecule has 3 nitrogen and oxygen atoms in total. The molecule has 0 rings (SSSR count). The molecular weight excluding hydrogens is 164 g/mol. The summed E-state index contributed by atoms with van der Waals surface area (Å²) in [6.07, 6.45) is 3.99. The summed E-state index contributed by atoms with van der Waals surface area (Å²) in [5.74, 6) is 0.555. The van der Waals surface area contributed by atoms with E-state index < -0.39 is 0 Å². The molecule has 0 N–H and O–H groups in total. The molecule has 0 bridgehead atoms. The van der Waals surface area contributed by atoms with Gasteiger partial charge in [-0.2, -0.15) is 0 Å². The summed E-state index contributed by atoms with van der Waals surface area (Å²) in [7, 11) is 4.15. The van der Waals surface area contributed by atoms with E-state index >= 15 is 0 Å². The Balaban J connectivity index is 3.13. The van der Waals surface area contributed by atoms with Crippen molar-refractivity contribution >= 4 is 6.21 Å². The minimum atomic E-state index is 0.555. The SMILES string of the molecule is CC(C)CO/N=C\CCCN(C)C. The Bertz CT molecular complexity index is 133. The zero-order valence-corrected chi connectivity index (χ0v) is 9.29. The maximum absolute atomic E-state index is 5.06. The molecule has 0 amide bonds. The van der Waals surface area contributed by atoms with Gasteiger partial charge >= 0.3 is 0 Å². The molecule has 0 aromatic heterocycles. The largest absolute Gasteiger partial charge is 0.396 e. The average molecular weight is 186 g/mol. The summed E-state index contributed by atoms with van der Waals surface area (Å²) in [4.78, 5) is 7.23. The summed E-state index contributed by atoms with van der Waals surface area (Å²) >= 11 is 0. The number of unbranched alkanes of at least 4 members (excludes halogenated alkanes) is 1. The van der Waals surface area contributed by atoms with Crippen LogP contribution in [0, 0.1) is 5.92 Å². The first-order chi connectivity index (χ1) is 6.13. The van der Waals surface area contributed by atoms with E-state index in [1.165, 1.54) is 0 Å². The van der Waals surface area contributed by atoms with Gasteiger partial charge < -0.3 is 9.74 Å². The quantitative estimate of drug-likeness (QED) is 0.345. The Morgan fingerprint density at radius 2 is 2.08 bits per heavy atom. The molecule has 0 saturated carbocycles. The molecule has 0 fully saturated rings. The van der Waals surface area contributed by atoms with Crippen LogP contribution in [0.3, 0.4) is 0 Å². The van der Waals surface area contributed by atoms with Crippen LogP contribution >= 0.6 is 0 Å². The molecule has 0 aromatic rings. The second kappa shape index (κ2) is 8.05. The highest BCUT2D eigenvalue weighted by Gasteiger charge is 1.91. The van der Waals surface area contributed by atoms with Crippen LogP contribution in [0.4, 0.5) is 0 Å². The first-order valence-electron chi connectivity index (χ1n) is 4.91. The number of rotatable bonds is 7. The Morgan fingerprint density at radius 3 is 2.62 bits per heavy atom. The summed E-state index contributed by atoms with van der Waals surface area (Å²) < 4.78 is 0. The fourth-order valence-electron chi connectivity index (χ4n) is 0.796. The molecule has 0 unspecified atom stereocenters. The Kier molecular flexibility index (Phi) is 7.69. The lowest BCUT2D eigenvalue weighted by Gasteiger charge is -2.06. The van der Waals surface area contributed by atoms with E-state index in [9.17, 15) is 0 Å². The summed E-state index contributed by atoms with van der Waals surface area (Å²) in [6, 6.07) is 0. The lowest BCUT2D eigenvalue weighted by Crippen LogP contribution is -2.12. The van der Waals surface area contributed by atoms with Crippen LogP contribution in [0.1, 0.15) is 26.7 Å². The van der Waals surface area contributed by atoms with Crippen LogP contribution in [0.25, 0.3) is 0 Å². The van der Waals surface area contributed by atoms with Crippen LogP contribution < -0.4 is 0 Å². The molecule has 13 heavy (non-hydrogen) atoms. The van der Waals surface area contributed by atoms with E-state index in [1.807, 2.05) is 6.21 Å². The van der Waals surface area contributed by atoms with Crippen LogP contribution in [-0.2, 0) is 4.84 Å². The molecular formula is C10H22N2O. The van der Waals surface area contributed by atoms with Crippen molar-refractivity contribution in [3.8, 4) is 0 Å². The molecule has 0 saturated heterocycles. The minimum absolute atomic E-state index is 0.555. The summed E-state index contributed by atoms with van der Waals surface area (Å²) in [6.45, 7) is 6.05. The molecule has 0 aromatic carbocycles. The Morgan fingerprint density at radius 1 is 1.38 bits per heavy atom. The van der Waals surface area contributed by atoms with E-state index in [-0.39, 0.29) is 0 Å². The predicted molar refractivity (Wildman–Crippen MR) is 57.1 cm³/mol. The van der Waals surface area contributed by atoms with Gasteiger partial charge in [-0.3, -0.25) is 0 Å². The number of hydrogen-bond donors (Lipinski definition) is 0. The molecule has 0 spiro atoms. The van der Waals surface area contributed by atoms with Gasteiger partial charge in [0, 0.05) is 6.21 Å². The van der Waals surface area contributed by atoms with Crippen LogP contribution in [0.5, 0.6) is 0 Å². The van der Waals surface area contributed by atoms with Crippen molar-refractivity contribution in [1.29, 1.82) is 0 Å². The monoisotopic (exact) mass is 186 g/mol. The zero-order valence-electron chi connectivity index (χ0n) is 9.29.